The number of H-pyrrole nitrogens is 1. The van der Waals surface area contributed by atoms with Crippen LogP contribution in [0.3, 0.4) is 0 Å². The van der Waals surface area contributed by atoms with Crippen molar-refractivity contribution in [1.29, 1.82) is 0 Å². The number of aromatic amines is 1. The summed E-state index contributed by atoms with van der Waals surface area (Å²) in [5.41, 5.74) is 0.715. The molecule has 3 rings (SSSR count). The molecule has 0 unspecified atom stereocenters. The Hall–Kier alpha value is -2.77. The summed E-state index contributed by atoms with van der Waals surface area (Å²) in [5, 5.41) is 9.40. The van der Waals surface area contributed by atoms with E-state index >= 15 is 0 Å². The van der Waals surface area contributed by atoms with Crippen LogP contribution < -0.4 is 10.2 Å². The Balaban J connectivity index is 1.75. The third kappa shape index (κ3) is 3.24. The fourth-order valence-corrected chi connectivity index (χ4v) is 2.95. The Bertz CT molecular complexity index is 798. The SMILES string of the molecule is CC(C)c1[nH]ncc1C(=O)N[C@@H]1CC(=O)N(c2c(F)cccc2F)C1. The normalized spacial score (nSPS) is 17.4. The number of anilines is 1. The molecule has 1 saturated heterocycles. The molecule has 2 amide bonds. The summed E-state index contributed by atoms with van der Waals surface area (Å²) in [6.07, 6.45) is 1.41. The van der Waals surface area contributed by atoms with Crippen LogP contribution in [0.4, 0.5) is 14.5 Å². The topological polar surface area (TPSA) is 78.1 Å². The van der Waals surface area contributed by atoms with Gasteiger partial charge in [-0.1, -0.05) is 19.9 Å². The summed E-state index contributed by atoms with van der Waals surface area (Å²) < 4.78 is 27.8. The summed E-state index contributed by atoms with van der Waals surface area (Å²) in [6, 6.07) is 2.89. The van der Waals surface area contributed by atoms with Gasteiger partial charge in [-0.3, -0.25) is 14.7 Å². The molecule has 6 nitrogen and oxygen atoms in total. The lowest BCUT2D eigenvalue weighted by Crippen LogP contribution is -2.37. The van der Waals surface area contributed by atoms with Crippen molar-refractivity contribution in [1.82, 2.24) is 15.5 Å². The Morgan fingerprint density at radius 2 is 2.04 bits per heavy atom. The van der Waals surface area contributed by atoms with Gasteiger partial charge in [0.2, 0.25) is 5.91 Å². The van der Waals surface area contributed by atoms with Gasteiger partial charge in [-0.25, -0.2) is 8.78 Å². The monoisotopic (exact) mass is 348 g/mol. The Morgan fingerprint density at radius 3 is 2.68 bits per heavy atom. The molecule has 1 atom stereocenters. The van der Waals surface area contributed by atoms with E-state index in [9.17, 15) is 18.4 Å². The largest absolute Gasteiger partial charge is 0.347 e. The molecule has 2 aromatic rings. The van der Waals surface area contributed by atoms with Crippen molar-refractivity contribution in [2.75, 3.05) is 11.4 Å². The number of benzene rings is 1. The molecule has 1 aliphatic rings. The lowest BCUT2D eigenvalue weighted by atomic mass is 10.1. The second-order valence-corrected chi connectivity index (χ2v) is 6.30. The van der Waals surface area contributed by atoms with E-state index in [1.54, 1.807) is 0 Å². The van der Waals surface area contributed by atoms with Gasteiger partial charge in [0.1, 0.15) is 17.3 Å². The predicted molar refractivity (Wildman–Crippen MR) is 87.3 cm³/mol. The Morgan fingerprint density at radius 1 is 1.36 bits per heavy atom. The molecule has 25 heavy (non-hydrogen) atoms. The maximum atomic E-state index is 13.9. The van der Waals surface area contributed by atoms with Crippen LogP contribution in [0.15, 0.2) is 24.4 Å². The molecule has 0 spiro atoms. The average molecular weight is 348 g/mol. The van der Waals surface area contributed by atoms with Crippen molar-refractivity contribution < 1.29 is 18.4 Å². The van der Waals surface area contributed by atoms with E-state index in [1.807, 2.05) is 13.8 Å². The molecule has 1 aliphatic heterocycles. The summed E-state index contributed by atoms with van der Waals surface area (Å²) >= 11 is 0. The highest BCUT2D eigenvalue weighted by atomic mass is 19.1. The average Bonchev–Trinajstić information content (AvgIpc) is 3.15. The van der Waals surface area contributed by atoms with Gasteiger partial charge in [-0.2, -0.15) is 5.10 Å². The number of carbonyl (C=O) groups is 2. The van der Waals surface area contributed by atoms with Gasteiger partial charge in [0.25, 0.3) is 5.91 Å². The zero-order valence-electron chi connectivity index (χ0n) is 13.8. The first-order valence-corrected chi connectivity index (χ1v) is 7.97. The first-order chi connectivity index (χ1) is 11.9. The lowest BCUT2D eigenvalue weighted by molar-refractivity contribution is -0.117. The first-order valence-electron chi connectivity index (χ1n) is 7.97. The summed E-state index contributed by atoms with van der Waals surface area (Å²) in [5.74, 6) is -2.34. The smallest absolute Gasteiger partial charge is 0.255 e. The summed E-state index contributed by atoms with van der Waals surface area (Å²) in [4.78, 5) is 25.6. The van der Waals surface area contributed by atoms with Crippen molar-refractivity contribution in [2.24, 2.45) is 0 Å². The van der Waals surface area contributed by atoms with E-state index in [0.717, 1.165) is 17.0 Å². The standard InChI is InChI=1S/C17H18F2N4O2/c1-9(2)15-11(7-20-22-15)17(25)21-10-6-14(24)23(8-10)16-12(18)4-3-5-13(16)19/h3-5,7,9-10H,6,8H2,1-2H3,(H,20,22)(H,21,25)/t10-/m1/s1. The number of nitrogens with one attached hydrogen (secondary N) is 2. The first kappa shape index (κ1) is 17.1. The number of nitrogens with zero attached hydrogens (tertiary/aromatic N) is 2. The molecule has 1 aromatic heterocycles. The maximum Gasteiger partial charge on any atom is 0.255 e. The highest BCUT2D eigenvalue weighted by Crippen LogP contribution is 2.27. The van der Waals surface area contributed by atoms with Gasteiger partial charge in [-0.15, -0.1) is 0 Å². The number of amides is 2. The lowest BCUT2D eigenvalue weighted by Gasteiger charge is -2.18. The highest BCUT2D eigenvalue weighted by Gasteiger charge is 2.35. The molecule has 0 aliphatic carbocycles. The molecular formula is C17H18F2N4O2. The fourth-order valence-electron chi connectivity index (χ4n) is 2.95. The van der Waals surface area contributed by atoms with E-state index in [0.29, 0.717) is 11.3 Å². The fraction of sp³-hybridized carbons (Fsp3) is 0.353. The van der Waals surface area contributed by atoms with Crippen LogP contribution in [0, 0.1) is 11.6 Å². The molecule has 8 heteroatoms. The highest BCUT2D eigenvalue weighted by molar-refractivity contribution is 5.99. The van der Waals surface area contributed by atoms with Crippen LogP contribution in [0.1, 0.15) is 42.2 Å². The number of hydrogen-bond donors (Lipinski definition) is 2. The van der Waals surface area contributed by atoms with Gasteiger partial charge < -0.3 is 10.2 Å². The quantitative estimate of drug-likeness (QED) is 0.890. The van der Waals surface area contributed by atoms with E-state index in [1.165, 1.54) is 12.3 Å². The van der Waals surface area contributed by atoms with Crippen molar-refractivity contribution in [3.63, 3.8) is 0 Å². The number of carbonyl (C=O) groups excluding carboxylic acids is 2. The number of halogens is 2. The third-order valence-electron chi connectivity index (χ3n) is 4.16. The van der Waals surface area contributed by atoms with Crippen molar-refractivity contribution in [2.45, 2.75) is 32.2 Å². The minimum absolute atomic E-state index is 0.0112. The van der Waals surface area contributed by atoms with Gasteiger partial charge in [0.05, 0.1) is 23.5 Å². The zero-order chi connectivity index (χ0) is 18.1. The third-order valence-corrected chi connectivity index (χ3v) is 4.16. The van der Waals surface area contributed by atoms with Crippen LogP contribution >= 0.6 is 0 Å². The molecule has 2 heterocycles. The second-order valence-electron chi connectivity index (χ2n) is 6.30. The minimum atomic E-state index is -0.808. The number of hydrogen-bond acceptors (Lipinski definition) is 3. The molecule has 0 saturated carbocycles. The van der Waals surface area contributed by atoms with E-state index in [2.05, 4.69) is 15.5 Å². The van der Waals surface area contributed by atoms with E-state index in [-0.39, 0.29) is 30.5 Å². The number of para-hydroxylation sites is 1. The second kappa shape index (κ2) is 6.62. The van der Waals surface area contributed by atoms with Crippen LogP contribution in [0.25, 0.3) is 0 Å². The van der Waals surface area contributed by atoms with Crippen LogP contribution in [0.2, 0.25) is 0 Å². The van der Waals surface area contributed by atoms with Crippen LogP contribution in [-0.2, 0) is 4.79 Å². The molecule has 1 fully saturated rings. The van der Waals surface area contributed by atoms with Gasteiger partial charge in [-0.05, 0) is 18.1 Å². The zero-order valence-corrected chi connectivity index (χ0v) is 13.8. The molecule has 0 radical (unpaired) electrons. The predicted octanol–water partition coefficient (Wildman–Crippen LogP) is 2.35. The number of aromatic nitrogens is 2. The van der Waals surface area contributed by atoms with Crippen LogP contribution in [-0.4, -0.2) is 34.6 Å². The van der Waals surface area contributed by atoms with E-state index < -0.39 is 23.6 Å². The Labute approximate surface area is 143 Å². The molecule has 132 valence electrons. The van der Waals surface area contributed by atoms with Gasteiger partial charge >= 0.3 is 0 Å². The number of rotatable bonds is 4. The summed E-state index contributed by atoms with van der Waals surface area (Å²) in [6.45, 7) is 3.86. The molecule has 0 bridgehead atoms. The van der Waals surface area contributed by atoms with E-state index in [4.69, 9.17) is 0 Å². The van der Waals surface area contributed by atoms with Crippen molar-refractivity contribution in [3.05, 3.63) is 47.3 Å². The van der Waals surface area contributed by atoms with Crippen molar-refractivity contribution in [3.8, 4) is 0 Å². The maximum absolute atomic E-state index is 13.9. The van der Waals surface area contributed by atoms with Crippen molar-refractivity contribution >= 4 is 17.5 Å². The molecular weight excluding hydrogens is 330 g/mol. The molecule has 1 aromatic carbocycles. The minimum Gasteiger partial charge on any atom is -0.347 e. The van der Waals surface area contributed by atoms with Crippen LogP contribution in [0.5, 0.6) is 0 Å². The summed E-state index contributed by atoms with van der Waals surface area (Å²) in [7, 11) is 0. The Kier molecular flexibility index (Phi) is 4.52. The van der Waals surface area contributed by atoms with Gasteiger partial charge in [0, 0.05) is 13.0 Å². The van der Waals surface area contributed by atoms with Gasteiger partial charge in [0.15, 0.2) is 0 Å². The molecule has 2 N–H and O–H groups in total.